The molecule has 11 heteroatoms. The molecule has 2 atom stereocenters. The van der Waals surface area contributed by atoms with E-state index in [9.17, 15) is 9.59 Å². The van der Waals surface area contributed by atoms with Crippen molar-refractivity contribution in [1.82, 2.24) is 14.9 Å². The Morgan fingerprint density at radius 1 is 0.848 bits per heavy atom. The number of rotatable bonds is 6. The number of benzene rings is 3. The molecule has 0 aliphatic carbocycles. The van der Waals surface area contributed by atoms with Gasteiger partial charge in [-0.3, -0.25) is 4.79 Å². The molecule has 4 aromatic rings. The molecule has 11 nitrogen and oxygen atoms in total. The standard InChI is InChI=1S/C35H37N7O4/c1-22-31(23(2)46-40-22)26-9-14-29-30(21-26)38-32(39-33(29)41-17-19-45-20-18-41)24-5-10-27(11-6-24)36-35(44)37-28-12-7-25(8-13-28)34(43)42-15-3-4-16-42/h5-14,21,23,31H,3-4,15-20H2,1-2H3,(H2,36,37,44). The number of oxime groups is 1. The first kappa shape index (κ1) is 29.7. The summed E-state index contributed by atoms with van der Waals surface area (Å²) in [6.45, 7) is 8.42. The first-order chi connectivity index (χ1) is 22.4. The molecule has 2 saturated heterocycles. The van der Waals surface area contributed by atoms with Crippen LogP contribution in [-0.2, 0) is 9.57 Å². The van der Waals surface area contributed by atoms with Gasteiger partial charge in [0.15, 0.2) is 5.82 Å². The highest BCUT2D eigenvalue weighted by Crippen LogP contribution is 2.34. The van der Waals surface area contributed by atoms with E-state index < -0.39 is 0 Å². The smallest absolute Gasteiger partial charge is 0.323 e. The van der Waals surface area contributed by atoms with Crippen LogP contribution in [0.2, 0.25) is 0 Å². The molecular weight excluding hydrogens is 582 g/mol. The lowest BCUT2D eigenvalue weighted by molar-refractivity contribution is 0.0792. The second-order valence-corrected chi connectivity index (χ2v) is 12.0. The van der Waals surface area contributed by atoms with E-state index in [1.54, 1.807) is 24.3 Å². The van der Waals surface area contributed by atoms with Crippen LogP contribution in [0.3, 0.4) is 0 Å². The zero-order valence-corrected chi connectivity index (χ0v) is 26.0. The summed E-state index contributed by atoms with van der Waals surface area (Å²) in [6.07, 6.45) is 2.05. The number of urea groups is 1. The van der Waals surface area contributed by atoms with Crippen molar-refractivity contribution in [1.29, 1.82) is 0 Å². The van der Waals surface area contributed by atoms with Crippen LogP contribution in [0.25, 0.3) is 22.3 Å². The first-order valence-electron chi connectivity index (χ1n) is 15.9. The van der Waals surface area contributed by atoms with Gasteiger partial charge in [-0.2, -0.15) is 0 Å². The fourth-order valence-corrected chi connectivity index (χ4v) is 6.40. The Hall–Kier alpha value is -5.03. The number of carbonyl (C=O) groups is 2. The third kappa shape index (κ3) is 6.10. The molecule has 2 unspecified atom stereocenters. The molecule has 236 valence electrons. The number of fused-ring (bicyclic) bond motifs is 1. The number of carbonyl (C=O) groups excluding carboxylic acids is 2. The van der Waals surface area contributed by atoms with Crippen LogP contribution >= 0.6 is 0 Å². The maximum absolute atomic E-state index is 12.8. The van der Waals surface area contributed by atoms with Gasteiger partial charge in [-0.25, -0.2) is 14.8 Å². The van der Waals surface area contributed by atoms with Gasteiger partial charge in [-0.05, 0) is 92.9 Å². The van der Waals surface area contributed by atoms with Crippen LogP contribution in [0.1, 0.15) is 48.5 Å². The highest BCUT2D eigenvalue weighted by molar-refractivity contribution is 6.01. The monoisotopic (exact) mass is 619 g/mol. The lowest BCUT2D eigenvalue weighted by atomic mass is 9.90. The summed E-state index contributed by atoms with van der Waals surface area (Å²) in [4.78, 5) is 45.1. The van der Waals surface area contributed by atoms with Crippen molar-refractivity contribution in [3.8, 4) is 11.4 Å². The molecule has 3 amide bonds. The number of ether oxygens (including phenoxy) is 1. The van der Waals surface area contributed by atoms with Crippen LogP contribution in [0.5, 0.6) is 0 Å². The number of amides is 3. The molecule has 46 heavy (non-hydrogen) atoms. The van der Waals surface area contributed by atoms with Crippen molar-refractivity contribution in [3.63, 3.8) is 0 Å². The highest BCUT2D eigenvalue weighted by atomic mass is 16.6. The van der Waals surface area contributed by atoms with Gasteiger partial charge in [0.25, 0.3) is 5.91 Å². The molecule has 0 spiro atoms. The third-order valence-electron chi connectivity index (χ3n) is 8.84. The minimum Gasteiger partial charge on any atom is -0.392 e. The Kier molecular flexibility index (Phi) is 8.23. The third-order valence-corrected chi connectivity index (χ3v) is 8.84. The molecule has 7 rings (SSSR count). The van der Waals surface area contributed by atoms with E-state index in [1.807, 2.05) is 43.0 Å². The Morgan fingerprint density at radius 3 is 2.17 bits per heavy atom. The fourth-order valence-electron chi connectivity index (χ4n) is 6.40. The first-order valence-corrected chi connectivity index (χ1v) is 15.9. The van der Waals surface area contributed by atoms with Gasteiger partial charge in [-0.1, -0.05) is 11.2 Å². The second kappa shape index (κ2) is 12.8. The van der Waals surface area contributed by atoms with Gasteiger partial charge in [0.1, 0.15) is 11.9 Å². The molecule has 0 radical (unpaired) electrons. The molecule has 3 aliphatic rings. The quantitative estimate of drug-likeness (QED) is 0.276. The van der Waals surface area contributed by atoms with Crippen molar-refractivity contribution in [2.24, 2.45) is 5.16 Å². The van der Waals surface area contributed by atoms with Gasteiger partial charge in [0, 0.05) is 54.1 Å². The van der Waals surface area contributed by atoms with Crippen molar-refractivity contribution in [3.05, 3.63) is 77.9 Å². The maximum Gasteiger partial charge on any atom is 0.323 e. The molecule has 0 bridgehead atoms. The Bertz CT molecular complexity index is 1780. The number of nitrogens with one attached hydrogen (secondary N) is 2. The molecular formula is C35H37N7O4. The lowest BCUT2D eigenvalue weighted by Gasteiger charge is -2.29. The minimum absolute atomic E-state index is 0.0315. The van der Waals surface area contributed by atoms with Gasteiger partial charge < -0.3 is 30.0 Å². The van der Waals surface area contributed by atoms with E-state index in [-0.39, 0.29) is 24.0 Å². The largest absolute Gasteiger partial charge is 0.392 e. The van der Waals surface area contributed by atoms with E-state index in [2.05, 4.69) is 38.9 Å². The van der Waals surface area contributed by atoms with Crippen molar-refractivity contribution in [2.45, 2.75) is 38.7 Å². The Labute approximate surface area is 267 Å². The number of hydrogen-bond acceptors (Lipinski definition) is 8. The van der Waals surface area contributed by atoms with Crippen molar-refractivity contribution < 1.29 is 19.2 Å². The van der Waals surface area contributed by atoms with Crippen molar-refractivity contribution in [2.75, 3.05) is 54.9 Å². The average molecular weight is 620 g/mol. The lowest BCUT2D eigenvalue weighted by Crippen LogP contribution is -2.37. The van der Waals surface area contributed by atoms with Crippen LogP contribution in [0.4, 0.5) is 22.0 Å². The number of likely N-dealkylation sites (tertiary alicyclic amines) is 1. The summed E-state index contributed by atoms with van der Waals surface area (Å²) in [5.41, 5.74) is 5.60. The normalized spacial score (nSPS) is 19.6. The predicted octanol–water partition coefficient (Wildman–Crippen LogP) is 5.89. The van der Waals surface area contributed by atoms with Gasteiger partial charge in [-0.15, -0.1) is 0 Å². The SMILES string of the molecule is CC1=NOC(C)C1c1ccc2c(N3CCOCC3)nc(-c3ccc(NC(=O)Nc4ccc(C(=O)N5CCCC5)cc4)cc3)nc2c1. The molecule has 3 aromatic carbocycles. The molecule has 2 N–H and O–H groups in total. The van der Waals surface area contributed by atoms with Crippen LogP contribution in [0.15, 0.2) is 71.9 Å². The van der Waals surface area contributed by atoms with Gasteiger partial charge >= 0.3 is 6.03 Å². The maximum atomic E-state index is 12.8. The predicted molar refractivity (Wildman–Crippen MR) is 179 cm³/mol. The zero-order valence-electron chi connectivity index (χ0n) is 26.0. The molecule has 3 aliphatic heterocycles. The topological polar surface area (TPSA) is 121 Å². The molecule has 0 saturated carbocycles. The van der Waals surface area contributed by atoms with Gasteiger partial charge in [0.2, 0.25) is 0 Å². The number of anilines is 3. The molecule has 4 heterocycles. The molecule has 1 aromatic heterocycles. The van der Waals surface area contributed by atoms with Crippen molar-refractivity contribution >= 4 is 45.7 Å². The number of morpholine rings is 1. The second-order valence-electron chi connectivity index (χ2n) is 12.0. The summed E-state index contributed by atoms with van der Waals surface area (Å²) in [5.74, 6) is 1.59. The number of aromatic nitrogens is 2. The van der Waals surface area contributed by atoms with E-state index >= 15 is 0 Å². The summed E-state index contributed by atoms with van der Waals surface area (Å²) in [5, 5.41) is 10.9. The summed E-state index contributed by atoms with van der Waals surface area (Å²) in [7, 11) is 0. The van der Waals surface area contributed by atoms with E-state index in [4.69, 9.17) is 19.5 Å². The summed E-state index contributed by atoms with van der Waals surface area (Å²) < 4.78 is 5.61. The van der Waals surface area contributed by atoms with E-state index in [0.29, 0.717) is 36.0 Å². The van der Waals surface area contributed by atoms with E-state index in [1.165, 1.54) is 0 Å². The zero-order chi connectivity index (χ0) is 31.6. The van der Waals surface area contributed by atoms with Crippen LogP contribution in [-0.4, -0.2) is 78.0 Å². The average Bonchev–Trinajstić information content (AvgIpc) is 3.74. The minimum atomic E-state index is -0.376. The summed E-state index contributed by atoms with van der Waals surface area (Å²) >= 11 is 0. The molecule has 2 fully saturated rings. The van der Waals surface area contributed by atoms with Crippen LogP contribution < -0.4 is 15.5 Å². The number of hydrogen-bond donors (Lipinski definition) is 2. The fraction of sp³-hybridized carbons (Fsp3) is 0.343. The Balaban J connectivity index is 1.09. The van der Waals surface area contributed by atoms with Crippen LogP contribution in [0, 0.1) is 0 Å². The highest BCUT2D eigenvalue weighted by Gasteiger charge is 2.30. The summed E-state index contributed by atoms with van der Waals surface area (Å²) in [6, 6.07) is 20.4. The van der Waals surface area contributed by atoms with E-state index in [0.717, 1.165) is 72.6 Å². The Morgan fingerprint density at radius 2 is 1.52 bits per heavy atom. The number of nitrogens with zero attached hydrogens (tertiary/aromatic N) is 5. The van der Waals surface area contributed by atoms with Gasteiger partial charge in [0.05, 0.1) is 30.4 Å².